The summed E-state index contributed by atoms with van der Waals surface area (Å²) in [6, 6.07) is 15.0. The number of hydrogen-bond acceptors (Lipinski definition) is 3. The second-order valence-electron chi connectivity index (χ2n) is 6.34. The fourth-order valence-electron chi connectivity index (χ4n) is 3.05. The van der Waals surface area contributed by atoms with E-state index >= 15 is 0 Å². The highest BCUT2D eigenvalue weighted by molar-refractivity contribution is 6.21. The number of carbonyl (C=O) groups excluding carboxylic acids is 2. The molecule has 1 saturated heterocycles. The fourth-order valence-corrected chi connectivity index (χ4v) is 3.05. The van der Waals surface area contributed by atoms with E-state index in [4.69, 9.17) is 4.74 Å². The molecule has 3 rings (SSSR count). The van der Waals surface area contributed by atoms with Crippen LogP contribution in [0.5, 0.6) is 5.75 Å². The summed E-state index contributed by atoms with van der Waals surface area (Å²) >= 11 is 0. The molecule has 2 aromatic rings. The summed E-state index contributed by atoms with van der Waals surface area (Å²) in [7, 11) is 1.64. The molecule has 0 aromatic heterocycles. The maximum Gasteiger partial charge on any atom is 0.292 e. The molecule has 1 heterocycles. The smallest absolute Gasteiger partial charge is 0.292 e. The third-order valence-electron chi connectivity index (χ3n) is 4.52. The molecule has 0 saturated carbocycles. The Balaban J connectivity index is 1.57. The third kappa shape index (κ3) is 3.88. The van der Waals surface area contributed by atoms with E-state index in [0.717, 1.165) is 24.3 Å². The minimum absolute atomic E-state index is 0.122. The SMILES string of the molecule is COc1ccc(CC[NH2+][C@@H]2CC(=O)N(c3ccc(C)cc3)C2=O)cc1. The molecule has 0 radical (unpaired) electrons. The van der Waals surface area contributed by atoms with Crippen molar-refractivity contribution in [2.45, 2.75) is 25.8 Å². The van der Waals surface area contributed by atoms with E-state index in [1.807, 2.05) is 60.8 Å². The highest BCUT2D eigenvalue weighted by Crippen LogP contribution is 2.22. The second-order valence-corrected chi connectivity index (χ2v) is 6.34. The molecular formula is C20H23N2O3+. The van der Waals surface area contributed by atoms with Crippen LogP contribution in [0.1, 0.15) is 17.5 Å². The lowest BCUT2D eigenvalue weighted by molar-refractivity contribution is -0.674. The number of ether oxygens (including phenoxy) is 1. The van der Waals surface area contributed by atoms with Crippen molar-refractivity contribution in [3.8, 4) is 5.75 Å². The summed E-state index contributed by atoms with van der Waals surface area (Å²) in [5.41, 5.74) is 2.95. The summed E-state index contributed by atoms with van der Waals surface area (Å²) in [6.45, 7) is 2.74. The van der Waals surface area contributed by atoms with E-state index in [9.17, 15) is 9.59 Å². The highest BCUT2D eigenvalue weighted by atomic mass is 16.5. The van der Waals surface area contributed by atoms with Gasteiger partial charge in [-0.2, -0.15) is 0 Å². The van der Waals surface area contributed by atoms with Crippen LogP contribution in [0.25, 0.3) is 0 Å². The number of imide groups is 1. The van der Waals surface area contributed by atoms with Gasteiger partial charge in [0.05, 0.1) is 25.8 Å². The fraction of sp³-hybridized carbons (Fsp3) is 0.300. The molecule has 0 spiro atoms. The Kier molecular flexibility index (Phi) is 5.14. The summed E-state index contributed by atoms with van der Waals surface area (Å²) in [4.78, 5) is 26.2. The van der Waals surface area contributed by atoms with Crippen molar-refractivity contribution in [1.82, 2.24) is 0 Å². The normalized spacial score (nSPS) is 17.2. The van der Waals surface area contributed by atoms with Crippen LogP contribution in [0, 0.1) is 6.92 Å². The Bertz CT molecular complexity index is 754. The maximum atomic E-state index is 12.6. The Hall–Kier alpha value is -2.66. The minimum atomic E-state index is -0.327. The predicted molar refractivity (Wildman–Crippen MR) is 95.6 cm³/mol. The summed E-state index contributed by atoms with van der Waals surface area (Å²) < 4.78 is 5.15. The van der Waals surface area contributed by atoms with Crippen LogP contribution in [0.4, 0.5) is 5.69 Å². The molecule has 1 fully saturated rings. The van der Waals surface area contributed by atoms with Crippen molar-refractivity contribution >= 4 is 17.5 Å². The zero-order valence-electron chi connectivity index (χ0n) is 14.6. The molecular weight excluding hydrogens is 316 g/mol. The van der Waals surface area contributed by atoms with Gasteiger partial charge in [0.25, 0.3) is 5.91 Å². The summed E-state index contributed by atoms with van der Waals surface area (Å²) in [5, 5.41) is 1.97. The highest BCUT2D eigenvalue weighted by Gasteiger charge is 2.41. The van der Waals surface area contributed by atoms with Crippen molar-refractivity contribution in [3.63, 3.8) is 0 Å². The Morgan fingerprint density at radius 1 is 1.08 bits per heavy atom. The Morgan fingerprint density at radius 3 is 2.40 bits per heavy atom. The largest absolute Gasteiger partial charge is 0.497 e. The van der Waals surface area contributed by atoms with Gasteiger partial charge in [0.1, 0.15) is 5.75 Å². The molecule has 25 heavy (non-hydrogen) atoms. The molecule has 2 amide bonds. The van der Waals surface area contributed by atoms with E-state index < -0.39 is 0 Å². The zero-order chi connectivity index (χ0) is 17.8. The first kappa shape index (κ1) is 17.2. The first-order valence-corrected chi connectivity index (χ1v) is 8.48. The lowest BCUT2D eigenvalue weighted by Gasteiger charge is -2.14. The van der Waals surface area contributed by atoms with Gasteiger partial charge in [-0.15, -0.1) is 0 Å². The van der Waals surface area contributed by atoms with Gasteiger partial charge < -0.3 is 10.1 Å². The van der Waals surface area contributed by atoms with Crippen molar-refractivity contribution in [1.29, 1.82) is 0 Å². The van der Waals surface area contributed by atoms with E-state index in [1.54, 1.807) is 7.11 Å². The maximum absolute atomic E-state index is 12.6. The molecule has 0 bridgehead atoms. The Morgan fingerprint density at radius 2 is 1.76 bits per heavy atom. The van der Waals surface area contributed by atoms with Gasteiger partial charge in [-0.25, -0.2) is 4.90 Å². The van der Waals surface area contributed by atoms with Crippen LogP contribution < -0.4 is 15.0 Å². The average Bonchev–Trinajstić information content (AvgIpc) is 2.90. The number of aryl methyl sites for hydroxylation is 1. The van der Waals surface area contributed by atoms with Crippen LogP contribution in [0.15, 0.2) is 48.5 Å². The number of carbonyl (C=O) groups is 2. The third-order valence-corrected chi connectivity index (χ3v) is 4.52. The average molecular weight is 339 g/mol. The molecule has 1 aliphatic rings. The van der Waals surface area contributed by atoms with Gasteiger partial charge in [-0.1, -0.05) is 29.8 Å². The Labute approximate surface area is 147 Å². The number of nitrogens with two attached hydrogens (primary N) is 1. The van der Waals surface area contributed by atoms with Crippen molar-refractivity contribution in [2.24, 2.45) is 0 Å². The molecule has 5 nitrogen and oxygen atoms in total. The van der Waals surface area contributed by atoms with Gasteiger partial charge in [-0.3, -0.25) is 9.59 Å². The molecule has 2 aromatic carbocycles. The zero-order valence-corrected chi connectivity index (χ0v) is 14.6. The number of nitrogens with zero attached hydrogens (tertiary/aromatic N) is 1. The minimum Gasteiger partial charge on any atom is -0.497 e. The van der Waals surface area contributed by atoms with Crippen LogP contribution in [-0.2, 0) is 16.0 Å². The lowest BCUT2D eigenvalue weighted by atomic mass is 10.1. The van der Waals surface area contributed by atoms with E-state index in [1.165, 1.54) is 10.5 Å². The van der Waals surface area contributed by atoms with Gasteiger partial charge in [0, 0.05) is 6.42 Å². The summed E-state index contributed by atoms with van der Waals surface area (Å²) in [5.74, 6) is 0.584. The van der Waals surface area contributed by atoms with Gasteiger partial charge in [-0.05, 0) is 36.8 Å². The van der Waals surface area contributed by atoms with Crippen LogP contribution in [0.3, 0.4) is 0 Å². The van der Waals surface area contributed by atoms with E-state index in [-0.39, 0.29) is 24.3 Å². The van der Waals surface area contributed by atoms with Gasteiger partial charge in [0.15, 0.2) is 6.04 Å². The molecule has 1 aliphatic heterocycles. The van der Waals surface area contributed by atoms with Crippen molar-refractivity contribution in [2.75, 3.05) is 18.6 Å². The van der Waals surface area contributed by atoms with Gasteiger partial charge in [0.2, 0.25) is 5.91 Å². The quantitative estimate of drug-likeness (QED) is 0.810. The van der Waals surface area contributed by atoms with Crippen LogP contribution >= 0.6 is 0 Å². The second kappa shape index (κ2) is 7.49. The molecule has 2 N–H and O–H groups in total. The van der Waals surface area contributed by atoms with E-state index in [0.29, 0.717) is 5.69 Å². The first-order chi connectivity index (χ1) is 12.1. The number of hydrogen-bond donors (Lipinski definition) is 1. The topological polar surface area (TPSA) is 63.2 Å². The molecule has 130 valence electrons. The summed E-state index contributed by atoms with van der Waals surface area (Å²) in [6.07, 6.45) is 1.10. The molecule has 5 heteroatoms. The molecule has 0 unspecified atom stereocenters. The van der Waals surface area contributed by atoms with Crippen molar-refractivity contribution < 1.29 is 19.6 Å². The van der Waals surface area contributed by atoms with E-state index in [2.05, 4.69) is 0 Å². The number of rotatable bonds is 6. The monoisotopic (exact) mass is 339 g/mol. The first-order valence-electron chi connectivity index (χ1n) is 8.48. The lowest BCUT2D eigenvalue weighted by Crippen LogP contribution is -2.92. The predicted octanol–water partition coefficient (Wildman–Crippen LogP) is 1.44. The van der Waals surface area contributed by atoms with Crippen LogP contribution in [0.2, 0.25) is 0 Å². The standard InChI is InChI=1S/C20H22N2O3/c1-14-3-7-16(8-4-14)22-19(23)13-18(20(22)24)21-12-11-15-5-9-17(25-2)10-6-15/h3-10,18,21H,11-13H2,1-2H3/p+1/t18-/m1/s1. The number of anilines is 1. The van der Waals surface area contributed by atoms with Crippen LogP contribution in [-0.4, -0.2) is 31.5 Å². The van der Waals surface area contributed by atoms with Crippen molar-refractivity contribution in [3.05, 3.63) is 59.7 Å². The number of methoxy groups -OCH3 is 1. The number of quaternary nitrogens is 1. The molecule has 0 aliphatic carbocycles. The number of benzene rings is 2. The van der Waals surface area contributed by atoms with Gasteiger partial charge >= 0.3 is 0 Å². The molecule has 1 atom stereocenters. The number of amides is 2.